The van der Waals surface area contributed by atoms with Gasteiger partial charge in [-0.15, -0.1) is 0 Å². The molecule has 0 saturated carbocycles. The molecular formula is C24H21I2N3O3. The molecule has 0 heterocycles. The molecule has 6 nitrogen and oxygen atoms in total. The van der Waals surface area contributed by atoms with E-state index in [1.54, 1.807) is 7.11 Å². The smallest absolute Gasteiger partial charge is 0.259 e. The summed E-state index contributed by atoms with van der Waals surface area (Å²) in [4.78, 5) is 25.2. The minimum Gasteiger partial charge on any atom is -0.495 e. The largest absolute Gasteiger partial charge is 0.495 e. The third-order valence-electron chi connectivity index (χ3n) is 4.59. The van der Waals surface area contributed by atoms with Crippen LogP contribution in [0.3, 0.4) is 0 Å². The molecular weight excluding hydrogens is 632 g/mol. The van der Waals surface area contributed by atoms with E-state index in [4.69, 9.17) is 4.74 Å². The molecule has 0 fully saturated rings. The van der Waals surface area contributed by atoms with E-state index in [0.29, 0.717) is 5.75 Å². The lowest BCUT2D eigenvalue weighted by Gasteiger charge is -2.17. The van der Waals surface area contributed by atoms with Crippen LogP contribution in [-0.2, 0) is 9.59 Å². The number of nitrogens with zero attached hydrogens (tertiary/aromatic N) is 1. The van der Waals surface area contributed by atoms with Crippen LogP contribution in [0, 0.1) is 7.14 Å². The second-order valence-electron chi connectivity index (χ2n) is 6.78. The van der Waals surface area contributed by atoms with Gasteiger partial charge in [-0.25, -0.2) is 5.43 Å². The van der Waals surface area contributed by atoms with Crippen LogP contribution in [0.2, 0.25) is 0 Å². The maximum Gasteiger partial charge on any atom is 0.259 e. The molecule has 8 heteroatoms. The van der Waals surface area contributed by atoms with Gasteiger partial charge in [-0.05, 0) is 68.4 Å². The van der Waals surface area contributed by atoms with E-state index in [-0.39, 0.29) is 12.5 Å². The molecule has 3 aromatic rings. The number of carbonyl (C=O) groups is 2. The lowest BCUT2D eigenvalue weighted by Crippen LogP contribution is -2.37. The second-order valence-corrected chi connectivity index (χ2v) is 9.18. The molecule has 0 spiro atoms. The quantitative estimate of drug-likeness (QED) is 0.216. The third-order valence-corrected chi connectivity index (χ3v) is 6.01. The van der Waals surface area contributed by atoms with Crippen molar-refractivity contribution in [1.82, 2.24) is 10.7 Å². The molecule has 0 aromatic heterocycles. The van der Waals surface area contributed by atoms with Crippen molar-refractivity contribution in [1.29, 1.82) is 0 Å². The molecule has 0 saturated heterocycles. The van der Waals surface area contributed by atoms with Crippen molar-refractivity contribution >= 4 is 63.2 Å². The number of rotatable bonds is 8. The molecule has 2 amide bonds. The molecule has 0 radical (unpaired) electrons. The van der Waals surface area contributed by atoms with Crippen LogP contribution in [0.4, 0.5) is 0 Å². The Morgan fingerprint density at radius 1 is 1.00 bits per heavy atom. The first kappa shape index (κ1) is 24.2. The molecule has 3 aromatic carbocycles. The molecule has 3 rings (SSSR count). The Morgan fingerprint density at radius 3 is 2.16 bits per heavy atom. The van der Waals surface area contributed by atoms with Crippen LogP contribution in [-0.4, -0.2) is 31.7 Å². The average Bonchev–Trinajstić information content (AvgIpc) is 2.79. The number of halogens is 2. The fourth-order valence-electron chi connectivity index (χ4n) is 3.16. The summed E-state index contributed by atoms with van der Waals surface area (Å²) in [7, 11) is 1.59. The van der Waals surface area contributed by atoms with Crippen molar-refractivity contribution in [3.63, 3.8) is 0 Å². The average molecular weight is 653 g/mol. The Balaban J connectivity index is 1.64. The van der Waals surface area contributed by atoms with Gasteiger partial charge in [0.15, 0.2) is 0 Å². The third kappa shape index (κ3) is 6.52. The Bertz CT molecular complexity index is 1070. The van der Waals surface area contributed by atoms with Crippen LogP contribution in [0.5, 0.6) is 5.75 Å². The summed E-state index contributed by atoms with van der Waals surface area (Å²) in [6.07, 6.45) is 1.53. The fraction of sp³-hybridized carbons (Fsp3) is 0.125. The fourth-order valence-corrected chi connectivity index (χ4v) is 5.27. The Hall–Kier alpha value is -2.47. The number of carbonyl (C=O) groups excluding carboxylic acids is 2. The first-order chi connectivity index (χ1) is 15.5. The van der Waals surface area contributed by atoms with Crippen LogP contribution >= 0.6 is 45.2 Å². The predicted octanol–water partition coefficient (Wildman–Crippen LogP) is 4.30. The van der Waals surface area contributed by atoms with Gasteiger partial charge in [0.2, 0.25) is 5.91 Å². The zero-order valence-corrected chi connectivity index (χ0v) is 21.5. The van der Waals surface area contributed by atoms with E-state index in [2.05, 4.69) is 61.0 Å². The highest BCUT2D eigenvalue weighted by Crippen LogP contribution is 2.27. The topological polar surface area (TPSA) is 79.8 Å². The lowest BCUT2D eigenvalue weighted by molar-refractivity contribution is -0.126. The minimum atomic E-state index is -0.508. The van der Waals surface area contributed by atoms with Crippen molar-refractivity contribution in [2.45, 2.75) is 5.92 Å². The summed E-state index contributed by atoms with van der Waals surface area (Å²) in [6, 6.07) is 22.9. The first-order valence-corrected chi connectivity index (χ1v) is 11.9. The molecule has 32 heavy (non-hydrogen) atoms. The van der Waals surface area contributed by atoms with Crippen LogP contribution < -0.4 is 15.5 Å². The number of amides is 2. The highest BCUT2D eigenvalue weighted by molar-refractivity contribution is 14.1. The number of nitrogens with one attached hydrogen (secondary N) is 2. The van der Waals surface area contributed by atoms with Crippen molar-refractivity contribution in [3.8, 4) is 5.75 Å². The standard InChI is InChI=1S/C24H21I2N3O3/c1-32-23-18(12-19(25)13-20(23)26)14-28-29-21(30)15-27-24(31)22(16-8-4-2-5-9-16)17-10-6-3-7-11-17/h2-14,22H,15H2,1H3,(H,27,31)(H,29,30). The molecule has 0 atom stereocenters. The van der Waals surface area contributed by atoms with Gasteiger partial charge in [0.05, 0.1) is 29.4 Å². The summed E-state index contributed by atoms with van der Waals surface area (Å²) in [5, 5.41) is 6.73. The Kier molecular flexibility index (Phi) is 9.03. The van der Waals surface area contributed by atoms with E-state index >= 15 is 0 Å². The summed E-state index contributed by atoms with van der Waals surface area (Å²) >= 11 is 4.39. The molecule has 0 bridgehead atoms. The van der Waals surface area contributed by atoms with Crippen LogP contribution in [0.25, 0.3) is 0 Å². The van der Waals surface area contributed by atoms with E-state index < -0.39 is 11.8 Å². The van der Waals surface area contributed by atoms with Gasteiger partial charge in [0.1, 0.15) is 5.75 Å². The Morgan fingerprint density at radius 2 is 1.59 bits per heavy atom. The second kappa shape index (κ2) is 12.0. The van der Waals surface area contributed by atoms with Gasteiger partial charge in [-0.2, -0.15) is 5.10 Å². The molecule has 0 aliphatic heterocycles. The number of hydrogen-bond acceptors (Lipinski definition) is 4. The lowest BCUT2D eigenvalue weighted by atomic mass is 9.90. The van der Waals surface area contributed by atoms with Crippen LogP contribution in [0.1, 0.15) is 22.6 Å². The van der Waals surface area contributed by atoms with Gasteiger partial charge in [-0.3, -0.25) is 9.59 Å². The van der Waals surface area contributed by atoms with Crippen molar-refractivity contribution in [2.75, 3.05) is 13.7 Å². The molecule has 0 aliphatic rings. The molecule has 164 valence electrons. The summed E-state index contributed by atoms with van der Waals surface area (Å²) in [5.41, 5.74) is 4.91. The molecule has 0 aliphatic carbocycles. The summed E-state index contributed by atoms with van der Waals surface area (Å²) in [5.74, 6) is -0.499. The first-order valence-electron chi connectivity index (χ1n) is 9.72. The van der Waals surface area contributed by atoms with Crippen molar-refractivity contribution < 1.29 is 14.3 Å². The highest BCUT2D eigenvalue weighted by atomic mass is 127. The van der Waals surface area contributed by atoms with Crippen molar-refractivity contribution in [3.05, 3.63) is 96.6 Å². The van der Waals surface area contributed by atoms with Gasteiger partial charge < -0.3 is 10.1 Å². The van der Waals surface area contributed by atoms with Gasteiger partial charge in [-0.1, -0.05) is 60.7 Å². The zero-order chi connectivity index (χ0) is 22.9. The SMILES string of the molecule is COc1c(I)cc(I)cc1C=NNC(=O)CNC(=O)C(c1ccccc1)c1ccccc1. The maximum atomic E-state index is 13.0. The Labute approximate surface area is 214 Å². The number of benzene rings is 3. The highest BCUT2D eigenvalue weighted by Gasteiger charge is 2.22. The van der Waals surface area contributed by atoms with Gasteiger partial charge in [0.25, 0.3) is 5.91 Å². The minimum absolute atomic E-state index is 0.187. The van der Waals surface area contributed by atoms with E-state index in [1.807, 2.05) is 72.8 Å². The summed E-state index contributed by atoms with van der Waals surface area (Å²) in [6.45, 7) is -0.187. The summed E-state index contributed by atoms with van der Waals surface area (Å²) < 4.78 is 7.38. The van der Waals surface area contributed by atoms with Gasteiger partial charge >= 0.3 is 0 Å². The number of methoxy groups -OCH3 is 1. The van der Waals surface area contributed by atoms with E-state index in [1.165, 1.54) is 6.21 Å². The molecule has 0 unspecified atom stereocenters. The number of hydrazone groups is 1. The van der Waals surface area contributed by atoms with E-state index in [9.17, 15) is 9.59 Å². The normalized spacial score (nSPS) is 10.9. The van der Waals surface area contributed by atoms with Gasteiger partial charge in [0, 0.05) is 9.13 Å². The molecule has 2 N–H and O–H groups in total. The maximum absolute atomic E-state index is 13.0. The van der Waals surface area contributed by atoms with Crippen molar-refractivity contribution in [2.24, 2.45) is 5.10 Å². The van der Waals surface area contributed by atoms with Crippen LogP contribution in [0.15, 0.2) is 77.9 Å². The monoisotopic (exact) mass is 653 g/mol. The predicted molar refractivity (Wildman–Crippen MR) is 142 cm³/mol. The zero-order valence-electron chi connectivity index (χ0n) is 17.2. The van der Waals surface area contributed by atoms with E-state index in [0.717, 1.165) is 23.8 Å². The number of ether oxygens (including phenoxy) is 1. The number of hydrogen-bond donors (Lipinski definition) is 2.